The Bertz CT molecular complexity index is 726. The summed E-state index contributed by atoms with van der Waals surface area (Å²) in [4.78, 5) is 46.3. The van der Waals surface area contributed by atoms with E-state index in [9.17, 15) is 29.4 Å². The highest BCUT2D eigenvalue weighted by molar-refractivity contribution is 6.28. The first-order valence-corrected chi connectivity index (χ1v) is 6.61. The minimum Gasteiger partial charge on any atom is -0.550 e. The molecule has 0 atom stereocenters. The van der Waals surface area contributed by atoms with Gasteiger partial charge in [-0.05, 0) is 30.5 Å². The van der Waals surface area contributed by atoms with Gasteiger partial charge in [0.05, 0.1) is 11.1 Å². The summed E-state index contributed by atoms with van der Waals surface area (Å²) in [7, 11) is 0. The molecule has 1 N–H and O–H groups in total. The molecule has 1 aliphatic rings. The molecule has 0 amide bonds. The maximum absolute atomic E-state index is 12.4. The van der Waals surface area contributed by atoms with E-state index in [0.717, 1.165) is 0 Å². The third-order valence-electron chi connectivity index (χ3n) is 3.44. The number of aromatic hydroxyl groups is 1. The van der Waals surface area contributed by atoms with Gasteiger partial charge in [-0.3, -0.25) is 14.4 Å². The first-order chi connectivity index (χ1) is 10.3. The Morgan fingerprint density at radius 3 is 2.55 bits per heavy atom. The highest BCUT2D eigenvalue weighted by Gasteiger charge is 2.31. The number of benzene rings is 1. The summed E-state index contributed by atoms with van der Waals surface area (Å²) in [5, 5.41) is 20.3. The molecule has 0 spiro atoms. The molecule has 0 radical (unpaired) electrons. The van der Waals surface area contributed by atoms with Crippen molar-refractivity contribution in [3.63, 3.8) is 0 Å². The number of fused-ring (bicyclic) bond motifs is 1. The van der Waals surface area contributed by atoms with E-state index in [1.165, 1.54) is 13.0 Å². The predicted molar refractivity (Wildman–Crippen MR) is 73.1 cm³/mol. The van der Waals surface area contributed by atoms with Crippen LogP contribution in [0.15, 0.2) is 29.3 Å². The van der Waals surface area contributed by atoms with E-state index < -0.39 is 29.7 Å². The number of carboxylic acid groups (broad SMARTS) is 1. The van der Waals surface area contributed by atoms with E-state index in [1.54, 1.807) is 12.1 Å². The molecule has 0 saturated carbocycles. The quantitative estimate of drug-likeness (QED) is 0.610. The number of phenolic OH excluding ortho intramolecular Hbond substituents is 1. The zero-order chi connectivity index (χ0) is 16.4. The third kappa shape index (κ3) is 2.95. The van der Waals surface area contributed by atoms with E-state index >= 15 is 0 Å². The Balaban J connectivity index is 2.44. The lowest BCUT2D eigenvalue weighted by molar-refractivity contribution is -0.304. The van der Waals surface area contributed by atoms with Gasteiger partial charge < -0.3 is 15.0 Å². The second kappa shape index (κ2) is 5.93. The van der Waals surface area contributed by atoms with Crippen LogP contribution in [0, 0.1) is 0 Å². The molecule has 2 rings (SSSR count). The molecule has 1 aromatic rings. The monoisotopic (exact) mass is 301 g/mol. The molecule has 1 aromatic carbocycles. The molecular formula is C16H13O6-. The molecular weight excluding hydrogens is 288 g/mol. The van der Waals surface area contributed by atoms with E-state index in [-0.39, 0.29) is 35.3 Å². The lowest BCUT2D eigenvalue weighted by Gasteiger charge is -2.21. The standard InChI is InChI=1S/C16H14O6/c1-8(17)14-10(6-11(18)7-13(20)21)5-9-3-2-4-12(19)15(9)16(14)22/h2-4,19H,5-7H2,1H3,(H,20,21)/p-1. The maximum atomic E-state index is 12.4. The van der Waals surface area contributed by atoms with Gasteiger partial charge in [0.1, 0.15) is 11.5 Å². The smallest absolute Gasteiger partial charge is 0.200 e. The number of hydrogen-bond donors (Lipinski definition) is 1. The van der Waals surface area contributed by atoms with Gasteiger partial charge in [0, 0.05) is 18.8 Å². The SMILES string of the molecule is CC(=O)C1=C(CC(=O)CC(=O)[O-])Cc2cccc(O)c2C1=O. The number of carbonyl (C=O) groups excluding carboxylic acids is 4. The van der Waals surface area contributed by atoms with E-state index in [4.69, 9.17) is 0 Å². The number of hydrogen-bond acceptors (Lipinski definition) is 6. The summed E-state index contributed by atoms with van der Waals surface area (Å²) >= 11 is 0. The van der Waals surface area contributed by atoms with Gasteiger partial charge in [0.25, 0.3) is 0 Å². The number of Topliss-reactive ketones (excluding diaryl/α,β-unsaturated/α-hetero) is 3. The van der Waals surface area contributed by atoms with Crippen molar-refractivity contribution in [2.24, 2.45) is 0 Å². The first kappa shape index (κ1) is 15.6. The van der Waals surface area contributed by atoms with E-state index in [0.29, 0.717) is 5.56 Å². The Labute approximate surface area is 126 Å². The Morgan fingerprint density at radius 2 is 1.95 bits per heavy atom. The molecule has 114 valence electrons. The van der Waals surface area contributed by atoms with Gasteiger partial charge in [-0.1, -0.05) is 12.1 Å². The molecule has 0 aliphatic heterocycles. The molecule has 0 aromatic heterocycles. The summed E-state index contributed by atoms with van der Waals surface area (Å²) in [6, 6.07) is 4.52. The van der Waals surface area contributed by atoms with Crippen molar-refractivity contribution in [3.05, 3.63) is 40.5 Å². The van der Waals surface area contributed by atoms with Crippen LogP contribution in [0.1, 0.15) is 35.7 Å². The van der Waals surface area contributed by atoms with Crippen molar-refractivity contribution in [2.75, 3.05) is 0 Å². The van der Waals surface area contributed by atoms with Crippen LogP contribution >= 0.6 is 0 Å². The van der Waals surface area contributed by atoms with Crippen LogP contribution in [0.3, 0.4) is 0 Å². The predicted octanol–water partition coefficient (Wildman–Crippen LogP) is 0.116. The number of aliphatic carboxylic acids is 1. The second-order valence-electron chi connectivity index (χ2n) is 5.12. The van der Waals surface area contributed by atoms with Crippen molar-refractivity contribution in [3.8, 4) is 5.75 Å². The van der Waals surface area contributed by atoms with E-state index in [2.05, 4.69) is 0 Å². The van der Waals surface area contributed by atoms with Crippen molar-refractivity contribution in [1.82, 2.24) is 0 Å². The van der Waals surface area contributed by atoms with Crippen LogP contribution in [-0.4, -0.2) is 28.4 Å². The number of phenols is 1. The van der Waals surface area contributed by atoms with Gasteiger partial charge in [-0.2, -0.15) is 0 Å². The minimum atomic E-state index is -1.50. The lowest BCUT2D eigenvalue weighted by Crippen LogP contribution is -2.27. The molecule has 0 unspecified atom stereocenters. The number of allylic oxidation sites excluding steroid dienone is 2. The normalized spacial score (nSPS) is 13.8. The largest absolute Gasteiger partial charge is 0.550 e. The van der Waals surface area contributed by atoms with Crippen molar-refractivity contribution < 1.29 is 29.4 Å². The Hall–Kier alpha value is -2.76. The van der Waals surface area contributed by atoms with Crippen LogP contribution in [-0.2, 0) is 20.8 Å². The fourth-order valence-electron chi connectivity index (χ4n) is 2.62. The summed E-state index contributed by atoms with van der Waals surface area (Å²) in [6.07, 6.45) is -0.928. The van der Waals surface area contributed by atoms with Crippen molar-refractivity contribution in [2.45, 2.75) is 26.2 Å². The first-order valence-electron chi connectivity index (χ1n) is 6.61. The van der Waals surface area contributed by atoms with Gasteiger partial charge in [0.15, 0.2) is 5.78 Å². The highest BCUT2D eigenvalue weighted by Crippen LogP contribution is 2.33. The molecule has 1 aliphatic carbocycles. The van der Waals surface area contributed by atoms with Crippen LogP contribution < -0.4 is 5.11 Å². The second-order valence-corrected chi connectivity index (χ2v) is 5.12. The Morgan fingerprint density at radius 1 is 1.27 bits per heavy atom. The summed E-state index contributed by atoms with van der Waals surface area (Å²) in [6.45, 7) is 1.20. The van der Waals surface area contributed by atoms with Crippen LogP contribution in [0.4, 0.5) is 0 Å². The topological polar surface area (TPSA) is 112 Å². The van der Waals surface area contributed by atoms with Crippen LogP contribution in [0.2, 0.25) is 0 Å². The number of carbonyl (C=O) groups is 4. The molecule has 6 heteroatoms. The average Bonchev–Trinajstić information content (AvgIpc) is 2.36. The number of carboxylic acids is 1. The van der Waals surface area contributed by atoms with Gasteiger partial charge in [0.2, 0.25) is 5.78 Å². The molecule has 6 nitrogen and oxygen atoms in total. The van der Waals surface area contributed by atoms with Gasteiger partial charge >= 0.3 is 0 Å². The fourth-order valence-corrected chi connectivity index (χ4v) is 2.62. The number of ketones is 3. The van der Waals surface area contributed by atoms with E-state index in [1.807, 2.05) is 0 Å². The molecule has 0 bridgehead atoms. The molecule has 0 fully saturated rings. The minimum absolute atomic E-state index is 0.0591. The molecule has 0 saturated heterocycles. The maximum Gasteiger partial charge on any atom is 0.200 e. The fraction of sp³-hybridized carbons (Fsp3) is 0.250. The Kier molecular flexibility index (Phi) is 4.21. The highest BCUT2D eigenvalue weighted by atomic mass is 16.4. The zero-order valence-corrected chi connectivity index (χ0v) is 11.8. The van der Waals surface area contributed by atoms with Gasteiger partial charge in [-0.25, -0.2) is 0 Å². The summed E-state index contributed by atoms with van der Waals surface area (Å²) in [5.74, 6) is -3.51. The third-order valence-corrected chi connectivity index (χ3v) is 3.44. The van der Waals surface area contributed by atoms with Gasteiger partial charge in [-0.15, -0.1) is 0 Å². The van der Waals surface area contributed by atoms with Crippen molar-refractivity contribution in [1.29, 1.82) is 0 Å². The summed E-state index contributed by atoms with van der Waals surface area (Å²) in [5.41, 5.74) is 0.692. The van der Waals surface area contributed by atoms with Crippen LogP contribution in [0.5, 0.6) is 5.75 Å². The van der Waals surface area contributed by atoms with Crippen molar-refractivity contribution >= 4 is 23.3 Å². The number of rotatable bonds is 5. The summed E-state index contributed by atoms with van der Waals surface area (Å²) < 4.78 is 0. The average molecular weight is 301 g/mol. The zero-order valence-electron chi connectivity index (χ0n) is 11.8. The van der Waals surface area contributed by atoms with Crippen LogP contribution in [0.25, 0.3) is 0 Å². The molecule has 0 heterocycles. The lowest BCUT2D eigenvalue weighted by atomic mass is 9.81. The molecule has 22 heavy (non-hydrogen) atoms.